The van der Waals surface area contributed by atoms with E-state index in [1.807, 2.05) is 42.5 Å². The number of ether oxygens (including phenoxy) is 1. The van der Waals surface area contributed by atoms with Crippen LogP contribution >= 0.6 is 0 Å². The minimum Gasteiger partial charge on any atom is -0.427 e. The van der Waals surface area contributed by atoms with E-state index >= 15 is 0 Å². The molecule has 0 spiro atoms. The van der Waals surface area contributed by atoms with Gasteiger partial charge in [0, 0.05) is 24.1 Å². The fourth-order valence-electron chi connectivity index (χ4n) is 4.05. The molecule has 3 unspecified atom stereocenters. The van der Waals surface area contributed by atoms with Crippen LogP contribution in [0.1, 0.15) is 53.7 Å². The molecule has 0 bridgehead atoms. The number of allylic oxidation sites excluding steroid dienone is 2. The third kappa shape index (κ3) is 2.92. The zero-order valence-corrected chi connectivity index (χ0v) is 14.9. The average molecular weight is 347 g/mol. The van der Waals surface area contributed by atoms with Crippen molar-refractivity contribution < 1.29 is 14.3 Å². The lowest BCUT2D eigenvalue weighted by atomic mass is 9.76. The predicted octanol–water partition coefficient (Wildman–Crippen LogP) is 4.64. The molecule has 2 aliphatic rings. The van der Waals surface area contributed by atoms with Gasteiger partial charge in [-0.2, -0.15) is 0 Å². The van der Waals surface area contributed by atoms with E-state index in [0.29, 0.717) is 17.6 Å². The molecule has 0 aromatic heterocycles. The lowest BCUT2D eigenvalue weighted by molar-refractivity contribution is -0.131. The van der Waals surface area contributed by atoms with Crippen LogP contribution in [0.15, 0.2) is 54.6 Å². The second-order valence-corrected chi connectivity index (χ2v) is 7.00. The number of hydrogen-bond donors (Lipinski definition) is 1. The van der Waals surface area contributed by atoms with Gasteiger partial charge >= 0.3 is 5.97 Å². The third-order valence-electron chi connectivity index (χ3n) is 5.27. The van der Waals surface area contributed by atoms with Crippen LogP contribution < -0.4 is 10.1 Å². The summed E-state index contributed by atoms with van der Waals surface area (Å²) in [5, 5.41) is 3.65. The van der Waals surface area contributed by atoms with Crippen LogP contribution in [0.3, 0.4) is 0 Å². The quantitative estimate of drug-likeness (QED) is 0.380. The molecule has 26 heavy (non-hydrogen) atoms. The Bertz CT molecular complexity index is 898. The summed E-state index contributed by atoms with van der Waals surface area (Å²) >= 11 is 0. The zero-order valence-electron chi connectivity index (χ0n) is 14.9. The largest absolute Gasteiger partial charge is 0.427 e. The number of benzene rings is 2. The monoisotopic (exact) mass is 347 g/mol. The first kappa shape index (κ1) is 16.6. The van der Waals surface area contributed by atoms with Crippen molar-refractivity contribution >= 4 is 17.4 Å². The fourth-order valence-corrected chi connectivity index (χ4v) is 4.05. The number of Topliss-reactive ketones (excluding diaryl/α,β-unsaturated/α-hetero) is 1. The minimum absolute atomic E-state index is 0.0921. The molecular formula is C22H21NO3. The molecule has 2 aromatic rings. The van der Waals surface area contributed by atoms with Gasteiger partial charge in [-0.25, -0.2) is 0 Å². The summed E-state index contributed by atoms with van der Waals surface area (Å²) < 4.78 is 5.13. The van der Waals surface area contributed by atoms with Crippen LogP contribution in [0.4, 0.5) is 5.69 Å². The third-order valence-corrected chi connectivity index (χ3v) is 5.27. The van der Waals surface area contributed by atoms with Crippen LogP contribution in [-0.4, -0.2) is 11.8 Å². The van der Waals surface area contributed by atoms with Gasteiger partial charge < -0.3 is 10.1 Å². The summed E-state index contributed by atoms with van der Waals surface area (Å²) in [4.78, 5) is 22.8. The van der Waals surface area contributed by atoms with E-state index in [9.17, 15) is 9.59 Å². The number of rotatable bonds is 3. The highest BCUT2D eigenvalue weighted by Crippen LogP contribution is 2.50. The first-order valence-electron chi connectivity index (χ1n) is 8.89. The number of fused-ring (bicyclic) bond motifs is 3. The number of esters is 1. The molecule has 4 rings (SSSR count). The first-order valence-corrected chi connectivity index (χ1v) is 8.89. The van der Waals surface area contributed by atoms with Crippen molar-refractivity contribution in [3.05, 3.63) is 71.3 Å². The highest BCUT2D eigenvalue weighted by molar-refractivity contribution is 5.95. The normalized spacial score (nSPS) is 22.9. The topological polar surface area (TPSA) is 55.4 Å². The highest BCUT2D eigenvalue weighted by atomic mass is 16.5. The van der Waals surface area contributed by atoms with Gasteiger partial charge in [-0.1, -0.05) is 24.3 Å². The van der Waals surface area contributed by atoms with E-state index in [2.05, 4.69) is 17.5 Å². The summed E-state index contributed by atoms with van der Waals surface area (Å²) in [5.41, 5.74) is 4.20. The standard InChI is InChI=1S/C22H21NO3/c1-13(24)16-8-11-21-20(12-16)18-4-3-5-19(18)22(23-21)15-6-9-17(10-7-15)26-14(2)25/h3-4,6-12,18-19,22-23H,5H2,1-2H3. The molecule has 1 heterocycles. The Morgan fingerprint density at radius 2 is 1.85 bits per heavy atom. The van der Waals surface area contributed by atoms with E-state index in [-0.39, 0.29) is 17.8 Å². The van der Waals surface area contributed by atoms with Crippen LogP contribution in [0.25, 0.3) is 0 Å². The highest BCUT2D eigenvalue weighted by Gasteiger charge is 2.38. The number of ketones is 1. The van der Waals surface area contributed by atoms with Crippen molar-refractivity contribution in [2.24, 2.45) is 5.92 Å². The second kappa shape index (κ2) is 6.45. The molecule has 0 saturated heterocycles. The van der Waals surface area contributed by atoms with Crippen molar-refractivity contribution in [1.29, 1.82) is 0 Å². The maximum absolute atomic E-state index is 11.7. The van der Waals surface area contributed by atoms with Gasteiger partial charge in [0.15, 0.2) is 5.78 Å². The van der Waals surface area contributed by atoms with Gasteiger partial charge in [0.05, 0.1) is 6.04 Å². The minimum atomic E-state index is -0.316. The molecule has 0 radical (unpaired) electrons. The maximum Gasteiger partial charge on any atom is 0.308 e. The Hall–Kier alpha value is -2.88. The molecule has 4 nitrogen and oxygen atoms in total. The molecule has 1 aliphatic heterocycles. The lowest BCUT2D eigenvalue weighted by Crippen LogP contribution is -2.29. The van der Waals surface area contributed by atoms with E-state index in [1.165, 1.54) is 18.1 Å². The summed E-state index contributed by atoms with van der Waals surface area (Å²) in [6.45, 7) is 3.01. The summed E-state index contributed by atoms with van der Waals surface area (Å²) in [6, 6.07) is 13.8. The van der Waals surface area contributed by atoms with Crippen LogP contribution in [-0.2, 0) is 4.79 Å². The number of carbonyl (C=O) groups is 2. The van der Waals surface area contributed by atoms with Gasteiger partial charge in [0.25, 0.3) is 0 Å². The molecule has 0 amide bonds. The number of carbonyl (C=O) groups excluding carboxylic acids is 2. The van der Waals surface area contributed by atoms with Gasteiger partial charge in [0.2, 0.25) is 0 Å². The number of hydrogen-bond acceptors (Lipinski definition) is 4. The van der Waals surface area contributed by atoms with E-state index in [4.69, 9.17) is 4.74 Å². The molecular weight excluding hydrogens is 326 g/mol. The van der Waals surface area contributed by atoms with Crippen molar-refractivity contribution in [2.75, 3.05) is 5.32 Å². The molecule has 4 heteroatoms. The predicted molar refractivity (Wildman–Crippen MR) is 101 cm³/mol. The summed E-state index contributed by atoms with van der Waals surface area (Å²) in [7, 11) is 0. The SMILES string of the molecule is CC(=O)Oc1ccc(C2Nc3ccc(C(C)=O)cc3C3C=CCC32)cc1. The van der Waals surface area contributed by atoms with Gasteiger partial charge in [-0.05, 0) is 60.7 Å². The summed E-state index contributed by atoms with van der Waals surface area (Å²) in [5.74, 6) is 1.05. The molecule has 1 N–H and O–H groups in total. The van der Waals surface area contributed by atoms with Crippen molar-refractivity contribution in [1.82, 2.24) is 0 Å². The molecule has 0 saturated carbocycles. The van der Waals surface area contributed by atoms with Crippen molar-refractivity contribution in [2.45, 2.75) is 32.2 Å². The van der Waals surface area contributed by atoms with Crippen molar-refractivity contribution in [3.8, 4) is 5.75 Å². The van der Waals surface area contributed by atoms with Gasteiger partial charge in [-0.3, -0.25) is 9.59 Å². The van der Waals surface area contributed by atoms with Gasteiger partial charge in [0.1, 0.15) is 5.75 Å². The van der Waals surface area contributed by atoms with Crippen LogP contribution in [0, 0.1) is 5.92 Å². The molecule has 2 aromatic carbocycles. The average Bonchev–Trinajstić information content (AvgIpc) is 3.11. The lowest BCUT2D eigenvalue weighted by Gasteiger charge is -2.37. The van der Waals surface area contributed by atoms with Crippen LogP contribution in [0.2, 0.25) is 0 Å². The molecule has 1 aliphatic carbocycles. The maximum atomic E-state index is 11.7. The molecule has 3 atom stereocenters. The number of nitrogens with one attached hydrogen (secondary N) is 1. The van der Waals surface area contributed by atoms with Crippen molar-refractivity contribution in [3.63, 3.8) is 0 Å². The molecule has 0 fully saturated rings. The zero-order chi connectivity index (χ0) is 18.3. The van der Waals surface area contributed by atoms with E-state index in [0.717, 1.165) is 17.7 Å². The Balaban J connectivity index is 1.67. The van der Waals surface area contributed by atoms with E-state index in [1.54, 1.807) is 6.92 Å². The second-order valence-electron chi connectivity index (χ2n) is 7.00. The Morgan fingerprint density at radius 3 is 2.54 bits per heavy atom. The van der Waals surface area contributed by atoms with Gasteiger partial charge in [-0.15, -0.1) is 0 Å². The summed E-state index contributed by atoms with van der Waals surface area (Å²) in [6.07, 6.45) is 5.49. The van der Waals surface area contributed by atoms with Crippen LogP contribution in [0.5, 0.6) is 5.75 Å². The molecule has 132 valence electrons. The Kier molecular flexibility index (Phi) is 4.11. The number of anilines is 1. The smallest absolute Gasteiger partial charge is 0.308 e. The van der Waals surface area contributed by atoms with E-state index < -0.39 is 0 Å². The Morgan fingerprint density at radius 1 is 1.08 bits per heavy atom. The fraction of sp³-hybridized carbons (Fsp3) is 0.273. The Labute approximate surface area is 152 Å². The first-order chi connectivity index (χ1) is 12.5.